The van der Waals surface area contributed by atoms with Gasteiger partial charge in [-0.2, -0.15) is 0 Å². The Bertz CT molecular complexity index is 303. The van der Waals surface area contributed by atoms with Gasteiger partial charge < -0.3 is 26.2 Å². The second kappa shape index (κ2) is 7.72. The summed E-state index contributed by atoms with van der Waals surface area (Å²) in [4.78, 5) is 0. The van der Waals surface area contributed by atoms with Crippen LogP contribution in [-0.4, -0.2) is 39.3 Å². The Kier molecular flexibility index (Phi) is 7.48. The largest absolute Gasteiger partial charge is 1.00 e. The predicted molar refractivity (Wildman–Crippen MR) is 68.8 cm³/mol. The molecule has 3 heteroatoms. The summed E-state index contributed by atoms with van der Waals surface area (Å²) in [7, 11) is 8.43. The van der Waals surface area contributed by atoms with E-state index >= 15 is 0 Å². The van der Waals surface area contributed by atoms with Crippen LogP contribution in [0.25, 0.3) is 0 Å². The molecule has 0 saturated carbocycles. The maximum Gasteiger partial charge on any atom is 0.118 e. The average Bonchev–Trinajstić information content (AvgIpc) is 2.24. The molecular formula is C14H24BrNO. The van der Waals surface area contributed by atoms with Gasteiger partial charge in [0.25, 0.3) is 0 Å². The monoisotopic (exact) mass is 301 g/mol. The minimum Gasteiger partial charge on any atom is -1.00 e. The first-order valence-corrected chi connectivity index (χ1v) is 5.95. The average molecular weight is 302 g/mol. The van der Waals surface area contributed by atoms with Crippen molar-refractivity contribution in [2.45, 2.75) is 19.3 Å². The molecule has 0 N–H and O–H groups in total. The van der Waals surface area contributed by atoms with Crippen LogP contribution in [0, 0.1) is 0 Å². The van der Waals surface area contributed by atoms with Crippen LogP contribution >= 0.6 is 0 Å². The number of unbranched alkanes of at least 4 members (excludes halogenated alkanes) is 1. The quantitative estimate of drug-likeness (QED) is 0.519. The molecule has 1 aromatic carbocycles. The van der Waals surface area contributed by atoms with Crippen LogP contribution in [0.3, 0.4) is 0 Å². The van der Waals surface area contributed by atoms with E-state index < -0.39 is 0 Å². The molecule has 0 atom stereocenters. The number of hydrogen-bond acceptors (Lipinski definition) is 1. The van der Waals surface area contributed by atoms with Gasteiger partial charge in [-0.1, -0.05) is 12.1 Å². The standard InChI is InChI=1S/C14H24NO.BrH/c1-15(2,3)12-6-5-7-13-8-10-14(16-4)11-9-13;/h8-11H,5-7,12H2,1-4H3;1H/q+1;/p-1. The van der Waals surface area contributed by atoms with Gasteiger partial charge >= 0.3 is 0 Å². The van der Waals surface area contributed by atoms with Crippen LogP contribution in [0.15, 0.2) is 24.3 Å². The molecule has 0 unspecified atom stereocenters. The Labute approximate surface area is 116 Å². The summed E-state index contributed by atoms with van der Waals surface area (Å²) in [6, 6.07) is 8.39. The summed E-state index contributed by atoms with van der Waals surface area (Å²) in [5.74, 6) is 0.940. The highest BCUT2D eigenvalue weighted by molar-refractivity contribution is 5.27. The number of ether oxygens (including phenoxy) is 1. The Morgan fingerprint density at radius 1 is 1.00 bits per heavy atom. The highest BCUT2D eigenvalue weighted by Gasteiger charge is 2.05. The highest BCUT2D eigenvalue weighted by Crippen LogP contribution is 2.13. The smallest absolute Gasteiger partial charge is 0.118 e. The predicted octanol–water partition coefficient (Wildman–Crippen LogP) is -0.272. The van der Waals surface area contributed by atoms with Gasteiger partial charge in [0, 0.05) is 0 Å². The van der Waals surface area contributed by atoms with E-state index in [1.807, 2.05) is 12.1 Å². The van der Waals surface area contributed by atoms with E-state index in [0.29, 0.717) is 0 Å². The van der Waals surface area contributed by atoms with E-state index in [4.69, 9.17) is 4.74 Å². The second-order valence-corrected chi connectivity index (χ2v) is 5.32. The Hall–Kier alpha value is -0.540. The van der Waals surface area contributed by atoms with Gasteiger partial charge in [0.2, 0.25) is 0 Å². The lowest BCUT2D eigenvalue weighted by Gasteiger charge is -2.23. The van der Waals surface area contributed by atoms with Crippen molar-refractivity contribution in [1.29, 1.82) is 0 Å². The zero-order valence-corrected chi connectivity index (χ0v) is 13.0. The molecule has 98 valence electrons. The zero-order chi connectivity index (χ0) is 12.0. The van der Waals surface area contributed by atoms with Crippen molar-refractivity contribution in [3.8, 4) is 5.75 Å². The van der Waals surface area contributed by atoms with Crippen molar-refractivity contribution in [1.82, 2.24) is 0 Å². The lowest BCUT2D eigenvalue weighted by atomic mass is 10.1. The number of hydrogen-bond donors (Lipinski definition) is 0. The molecule has 0 saturated heterocycles. The molecule has 0 radical (unpaired) electrons. The highest BCUT2D eigenvalue weighted by atomic mass is 79.9. The molecule has 2 nitrogen and oxygen atoms in total. The third-order valence-corrected chi connectivity index (χ3v) is 2.70. The van der Waals surface area contributed by atoms with Crippen LogP contribution in [0.5, 0.6) is 5.75 Å². The van der Waals surface area contributed by atoms with Crippen molar-refractivity contribution in [2.75, 3.05) is 34.8 Å². The van der Waals surface area contributed by atoms with Crippen LogP contribution in [0.4, 0.5) is 0 Å². The first-order chi connectivity index (χ1) is 7.51. The number of methoxy groups -OCH3 is 1. The molecule has 1 rings (SSSR count). The van der Waals surface area contributed by atoms with Gasteiger partial charge in [-0.25, -0.2) is 0 Å². The molecule has 0 bridgehead atoms. The van der Waals surface area contributed by atoms with Crippen molar-refractivity contribution < 1.29 is 26.2 Å². The zero-order valence-electron chi connectivity index (χ0n) is 11.4. The summed E-state index contributed by atoms with van der Waals surface area (Å²) < 4.78 is 6.20. The second-order valence-electron chi connectivity index (χ2n) is 5.32. The van der Waals surface area contributed by atoms with Crippen molar-refractivity contribution >= 4 is 0 Å². The maximum atomic E-state index is 5.14. The summed E-state index contributed by atoms with van der Waals surface area (Å²) >= 11 is 0. The lowest BCUT2D eigenvalue weighted by Crippen LogP contribution is -3.00. The molecule has 0 aliphatic rings. The number of halogens is 1. The fourth-order valence-corrected chi connectivity index (χ4v) is 1.71. The van der Waals surface area contributed by atoms with E-state index in [1.54, 1.807) is 7.11 Å². The summed E-state index contributed by atoms with van der Waals surface area (Å²) in [6.07, 6.45) is 3.72. The third-order valence-electron chi connectivity index (χ3n) is 2.70. The molecule has 0 heterocycles. The van der Waals surface area contributed by atoms with Gasteiger partial charge in [-0.3, -0.25) is 0 Å². The van der Waals surface area contributed by atoms with E-state index in [-0.39, 0.29) is 17.0 Å². The van der Waals surface area contributed by atoms with Gasteiger partial charge in [0.15, 0.2) is 0 Å². The van der Waals surface area contributed by atoms with Gasteiger partial charge in [0.05, 0.1) is 34.8 Å². The number of benzene rings is 1. The lowest BCUT2D eigenvalue weighted by molar-refractivity contribution is -0.870. The van der Waals surface area contributed by atoms with Gasteiger partial charge in [-0.05, 0) is 37.0 Å². The molecular weight excluding hydrogens is 278 g/mol. The molecule has 0 fully saturated rings. The summed E-state index contributed by atoms with van der Waals surface area (Å²) in [6.45, 7) is 1.25. The molecule has 0 spiro atoms. The van der Waals surface area contributed by atoms with Gasteiger partial charge in [0.1, 0.15) is 5.75 Å². The normalized spacial score (nSPS) is 10.8. The molecule has 0 aliphatic carbocycles. The minimum absolute atomic E-state index is 0. The molecule has 0 aromatic heterocycles. The number of aryl methyl sites for hydroxylation is 1. The third kappa shape index (κ3) is 7.40. The fraction of sp³-hybridized carbons (Fsp3) is 0.571. The van der Waals surface area contributed by atoms with Gasteiger partial charge in [-0.15, -0.1) is 0 Å². The molecule has 17 heavy (non-hydrogen) atoms. The van der Waals surface area contributed by atoms with E-state index in [9.17, 15) is 0 Å². The van der Waals surface area contributed by atoms with Crippen molar-refractivity contribution in [3.05, 3.63) is 29.8 Å². The van der Waals surface area contributed by atoms with Crippen LogP contribution < -0.4 is 21.7 Å². The maximum absolute atomic E-state index is 5.14. The Morgan fingerprint density at radius 2 is 1.59 bits per heavy atom. The van der Waals surface area contributed by atoms with Crippen LogP contribution in [-0.2, 0) is 6.42 Å². The Balaban J connectivity index is 0.00000256. The van der Waals surface area contributed by atoms with Crippen molar-refractivity contribution in [2.24, 2.45) is 0 Å². The number of rotatable bonds is 6. The van der Waals surface area contributed by atoms with E-state index in [0.717, 1.165) is 10.2 Å². The topological polar surface area (TPSA) is 9.23 Å². The van der Waals surface area contributed by atoms with E-state index in [1.165, 1.54) is 31.4 Å². The van der Waals surface area contributed by atoms with E-state index in [2.05, 4.69) is 33.3 Å². The number of quaternary nitrogens is 1. The van der Waals surface area contributed by atoms with Crippen molar-refractivity contribution in [3.63, 3.8) is 0 Å². The Morgan fingerprint density at radius 3 is 2.06 bits per heavy atom. The summed E-state index contributed by atoms with van der Waals surface area (Å²) in [5.41, 5.74) is 1.40. The first-order valence-electron chi connectivity index (χ1n) is 5.95. The number of nitrogens with zero attached hydrogens (tertiary/aromatic N) is 1. The van der Waals surface area contributed by atoms with Crippen LogP contribution in [0.2, 0.25) is 0 Å². The van der Waals surface area contributed by atoms with Crippen LogP contribution in [0.1, 0.15) is 18.4 Å². The molecule has 0 aliphatic heterocycles. The molecule has 1 aromatic rings. The SMILES string of the molecule is COc1ccc(CCCC[N+](C)(C)C)cc1.[Br-]. The minimum atomic E-state index is 0. The summed E-state index contributed by atoms with van der Waals surface area (Å²) in [5, 5.41) is 0. The fourth-order valence-electron chi connectivity index (χ4n) is 1.71. The molecule has 0 amide bonds. The first kappa shape index (κ1) is 16.5.